The fourth-order valence-corrected chi connectivity index (χ4v) is 12.9. The van der Waals surface area contributed by atoms with E-state index in [9.17, 15) is 14.7 Å². The fourth-order valence-electron chi connectivity index (χ4n) is 8.80. The SMILES string of the molecule is COc1ccc([Si](C)(C)[C@H]2[C@H](CCn3cc(C(CO)c4ccccc4)nn3)O[C@@]3(C(=O)N(C)c4ccc(NC(=O)[C@H]5CCCN5)cc43)[C@@H]2C)cc1. The second-order valence-corrected chi connectivity index (χ2v) is 19.4. The molecule has 12 heteroatoms. The molecule has 11 nitrogen and oxygen atoms in total. The third-order valence-electron chi connectivity index (χ3n) is 11.6. The Labute approximate surface area is 300 Å². The number of aryl methyl sites for hydroxylation is 1. The van der Waals surface area contributed by atoms with Gasteiger partial charge in [-0.2, -0.15) is 0 Å². The predicted molar refractivity (Wildman–Crippen MR) is 199 cm³/mol. The molecule has 0 aliphatic carbocycles. The number of hydrogen-bond donors (Lipinski definition) is 3. The van der Waals surface area contributed by atoms with E-state index in [1.54, 1.807) is 12.0 Å². The monoisotopic (exact) mass is 708 g/mol. The third-order valence-corrected chi connectivity index (χ3v) is 15.9. The van der Waals surface area contributed by atoms with Crippen LogP contribution in [0.3, 0.4) is 0 Å². The highest BCUT2D eigenvalue weighted by atomic mass is 28.3. The Morgan fingerprint density at radius 1 is 1.16 bits per heavy atom. The number of hydrogen-bond acceptors (Lipinski definition) is 8. The molecule has 3 aliphatic heterocycles. The van der Waals surface area contributed by atoms with Gasteiger partial charge >= 0.3 is 0 Å². The lowest BCUT2D eigenvalue weighted by Gasteiger charge is -2.37. The molecule has 1 aromatic heterocycles. The Bertz CT molecular complexity index is 1880. The zero-order valence-electron chi connectivity index (χ0n) is 30.0. The smallest absolute Gasteiger partial charge is 0.264 e. The van der Waals surface area contributed by atoms with Crippen molar-refractivity contribution < 1.29 is 24.2 Å². The number of methoxy groups -OCH3 is 1. The number of nitrogens with zero attached hydrogens (tertiary/aromatic N) is 4. The van der Waals surface area contributed by atoms with Crippen molar-refractivity contribution in [2.24, 2.45) is 5.92 Å². The standard InChI is InChI=1S/C39H48N6O5Si/c1-25-36(51(4,5)29-16-14-28(49-3)15-17-29)35(19-21-45-23-33(42-43-45)30(24-46)26-10-7-6-8-11-26)50-39(25)31-22-27(13-18-34(31)44(2)38(39)48)41-37(47)32-12-9-20-40-32/h6-8,10-11,13-18,22-23,25,30,32,35-36,40,46H,9,12,19-21,24H2,1-5H3,(H,41,47)/t25-,30?,32-,35+,36-,39+/m1/s1. The van der Waals surface area contributed by atoms with Crippen LogP contribution in [0.25, 0.3) is 0 Å². The Morgan fingerprint density at radius 3 is 2.61 bits per heavy atom. The van der Waals surface area contributed by atoms with Gasteiger partial charge in [-0.1, -0.05) is 72.9 Å². The minimum Gasteiger partial charge on any atom is -0.497 e. The van der Waals surface area contributed by atoms with Gasteiger partial charge in [-0.25, -0.2) is 0 Å². The molecule has 1 spiro atoms. The normalized spacial score (nSPS) is 25.0. The average molecular weight is 709 g/mol. The van der Waals surface area contributed by atoms with Crippen molar-refractivity contribution in [2.75, 3.05) is 37.5 Å². The summed E-state index contributed by atoms with van der Waals surface area (Å²) < 4.78 is 14.5. The maximum Gasteiger partial charge on any atom is 0.264 e. The van der Waals surface area contributed by atoms with Crippen LogP contribution >= 0.6 is 0 Å². The van der Waals surface area contributed by atoms with Gasteiger partial charge in [-0.3, -0.25) is 14.3 Å². The van der Waals surface area contributed by atoms with Gasteiger partial charge in [0.15, 0.2) is 5.60 Å². The summed E-state index contributed by atoms with van der Waals surface area (Å²) >= 11 is 0. The predicted octanol–water partition coefficient (Wildman–Crippen LogP) is 4.38. The summed E-state index contributed by atoms with van der Waals surface area (Å²) in [4.78, 5) is 29.4. The molecule has 4 heterocycles. The van der Waals surface area contributed by atoms with Crippen molar-refractivity contribution in [3.8, 4) is 5.75 Å². The Kier molecular flexibility index (Phi) is 9.61. The van der Waals surface area contributed by atoms with Gasteiger partial charge in [-0.15, -0.1) is 5.10 Å². The second kappa shape index (κ2) is 14.0. The number of amides is 2. The molecular weight excluding hydrogens is 661 g/mol. The van der Waals surface area contributed by atoms with Crippen LogP contribution in [0.4, 0.5) is 11.4 Å². The highest BCUT2D eigenvalue weighted by molar-refractivity contribution is 6.91. The molecule has 3 aromatic carbocycles. The molecule has 268 valence electrons. The van der Waals surface area contributed by atoms with Crippen LogP contribution in [0, 0.1) is 5.92 Å². The van der Waals surface area contributed by atoms with Crippen LogP contribution in [0.2, 0.25) is 18.6 Å². The van der Waals surface area contributed by atoms with E-state index in [1.807, 2.05) is 78.6 Å². The number of aliphatic hydroxyl groups is 1. The molecule has 0 saturated carbocycles. The lowest BCUT2D eigenvalue weighted by atomic mass is 9.82. The van der Waals surface area contributed by atoms with Crippen LogP contribution in [-0.4, -0.2) is 79.4 Å². The molecule has 1 unspecified atom stereocenters. The Balaban J connectivity index is 1.23. The molecule has 2 saturated heterocycles. The molecule has 3 aliphatic rings. The topological polar surface area (TPSA) is 131 Å². The summed E-state index contributed by atoms with van der Waals surface area (Å²) in [6, 6.07) is 23.7. The van der Waals surface area contributed by atoms with Crippen LogP contribution in [0.15, 0.2) is 79.0 Å². The molecule has 2 fully saturated rings. The van der Waals surface area contributed by atoms with Gasteiger partial charge in [-0.05, 0) is 67.2 Å². The first-order chi connectivity index (χ1) is 24.6. The number of benzene rings is 3. The van der Waals surface area contributed by atoms with E-state index in [4.69, 9.17) is 9.47 Å². The van der Waals surface area contributed by atoms with E-state index in [0.29, 0.717) is 24.3 Å². The number of anilines is 2. The maximum absolute atomic E-state index is 14.5. The highest BCUT2D eigenvalue weighted by Crippen LogP contribution is 2.60. The quantitative estimate of drug-likeness (QED) is 0.196. The van der Waals surface area contributed by atoms with Crippen LogP contribution in [0.1, 0.15) is 48.9 Å². The summed E-state index contributed by atoms with van der Waals surface area (Å²) in [5, 5.41) is 26.8. The van der Waals surface area contributed by atoms with Crippen molar-refractivity contribution in [1.29, 1.82) is 0 Å². The summed E-state index contributed by atoms with van der Waals surface area (Å²) in [5.41, 5.74) is 2.76. The Morgan fingerprint density at radius 2 is 1.92 bits per heavy atom. The zero-order valence-corrected chi connectivity index (χ0v) is 31.0. The summed E-state index contributed by atoms with van der Waals surface area (Å²) in [6.45, 7) is 8.17. The van der Waals surface area contributed by atoms with Crippen molar-refractivity contribution in [3.05, 3.63) is 95.8 Å². The van der Waals surface area contributed by atoms with Crippen molar-refractivity contribution in [1.82, 2.24) is 20.3 Å². The summed E-state index contributed by atoms with van der Waals surface area (Å²) in [5.74, 6) is 0.200. The van der Waals surface area contributed by atoms with E-state index in [0.717, 1.165) is 42.0 Å². The van der Waals surface area contributed by atoms with Gasteiger partial charge < -0.3 is 30.1 Å². The van der Waals surface area contributed by atoms with E-state index in [-0.39, 0.29) is 47.9 Å². The highest BCUT2D eigenvalue weighted by Gasteiger charge is 2.65. The molecule has 6 atom stereocenters. The summed E-state index contributed by atoms with van der Waals surface area (Å²) in [7, 11) is 1.14. The third kappa shape index (κ3) is 6.17. The van der Waals surface area contributed by atoms with Crippen LogP contribution in [-0.2, 0) is 26.5 Å². The first kappa shape index (κ1) is 35.1. The average Bonchev–Trinajstić information content (AvgIpc) is 3.94. The number of carbonyl (C=O) groups excluding carboxylic acids is 2. The van der Waals surface area contributed by atoms with Gasteiger partial charge in [0, 0.05) is 37.0 Å². The fraction of sp³-hybridized carbons (Fsp3) is 0.436. The lowest BCUT2D eigenvalue weighted by molar-refractivity contribution is -0.145. The number of nitrogens with one attached hydrogen (secondary N) is 2. The van der Waals surface area contributed by atoms with E-state index >= 15 is 0 Å². The molecule has 0 bridgehead atoms. The van der Waals surface area contributed by atoms with Gasteiger partial charge in [0.1, 0.15) is 5.75 Å². The molecular formula is C39H48N6O5Si. The van der Waals surface area contributed by atoms with Crippen molar-refractivity contribution in [3.63, 3.8) is 0 Å². The molecule has 2 amide bonds. The lowest BCUT2D eigenvalue weighted by Crippen LogP contribution is -2.51. The van der Waals surface area contributed by atoms with E-state index in [2.05, 4.69) is 53.1 Å². The first-order valence-electron chi connectivity index (χ1n) is 17.9. The number of likely N-dealkylation sites (N-methyl/N-ethyl adjacent to an activating group) is 1. The molecule has 4 aromatic rings. The number of carbonyl (C=O) groups is 2. The van der Waals surface area contributed by atoms with Gasteiger partial charge in [0.05, 0.1) is 51.2 Å². The summed E-state index contributed by atoms with van der Waals surface area (Å²) in [6.07, 6.45) is 4.01. The largest absolute Gasteiger partial charge is 0.497 e. The number of rotatable bonds is 11. The van der Waals surface area contributed by atoms with E-state index in [1.165, 1.54) is 5.19 Å². The zero-order chi connectivity index (χ0) is 35.9. The number of fused-ring (bicyclic) bond motifs is 2. The van der Waals surface area contributed by atoms with E-state index < -0.39 is 13.7 Å². The van der Waals surface area contributed by atoms with Crippen LogP contribution < -0.4 is 25.5 Å². The minimum absolute atomic E-state index is 0.0487. The molecule has 0 radical (unpaired) electrons. The van der Waals surface area contributed by atoms with Crippen molar-refractivity contribution in [2.45, 2.75) is 75.0 Å². The van der Waals surface area contributed by atoms with Crippen LogP contribution in [0.5, 0.6) is 5.75 Å². The molecule has 51 heavy (non-hydrogen) atoms. The minimum atomic E-state index is -2.34. The number of ether oxygens (including phenoxy) is 2. The number of aromatic nitrogens is 3. The van der Waals surface area contributed by atoms with Gasteiger partial charge in [0.2, 0.25) is 5.91 Å². The molecule has 3 N–H and O–H groups in total. The van der Waals surface area contributed by atoms with Gasteiger partial charge in [0.25, 0.3) is 5.91 Å². The number of aliphatic hydroxyl groups excluding tert-OH is 1. The second-order valence-electron chi connectivity index (χ2n) is 14.7. The maximum atomic E-state index is 14.5. The first-order valence-corrected chi connectivity index (χ1v) is 21.0. The Hall–Kier alpha value is -4.36. The molecule has 7 rings (SSSR count). The van der Waals surface area contributed by atoms with Crippen molar-refractivity contribution >= 4 is 36.4 Å².